The zero-order chi connectivity index (χ0) is 18.7. The minimum Gasteiger partial charge on any atom is -0.373 e. The molecule has 0 unspecified atom stereocenters. The fourth-order valence-electron chi connectivity index (χ4n) is 2.04. The van der Waals surface area contributed by atoms with Gasteiger partial charge in [-0.2, -0.15) is 24.3 Å². The van der Waals surface area contributed by atoms with E-state index >= 15 is 0 Å². The summed E-state index contributed by atoms with van der Waals surface area (Å²) in [4.78, 5) is 27.1. The molecule has 2 aromatic carbocycles. The van der Waals surface area contributed by atoms with Gasteiger partial charge in [0.1, 0.15) is 0 Å². The van der Waals surface area contributed by atoms with E-state index in [1.54, 1.807) is 30.5 Å². The third-order valence-electron chi connectivity index (χ3n) is 3.01. The summed E-state index contributed by atoms with van der Waals surface area (Å²) in [5, 5.41) is 3.30. The molecule has 1 radical (unpaired) electrons. The molecule has 0 aliphatic heterocycles. The zero-order valence-corrected chi connectivity index (χ0v) is 19.6. The Morgan fingerprint density at radius 1 is 1.07 bits per heavy atom. The Labute approximate surface area is 188 Å². The van der Waals surface area contributed by atoms with Crippen molar-refractivity contribution >= 4 is 28.3 Å². The SMILES string of the molecule is CC.CCC.O=C(Nc1c[c-]ccc1)C(=O)c1c[nH]c2ccccc12.[CH3-].[Y]. The third-order valence-corrected chi connectivity index (χ3v) is 3.01. The Hall–Kier alpha value is -1.78. The summed E-state index contributed by atoms with van der Waals surface area (Å²) < 4.78 is 0. The van der Waals surface area contributed by atoms with Gasteiger partial charge in [0, 0.05) is 49.8 Å². The van der Waals surface area contributed by atoms with E-state index in [0.29, 0.717) is 11.3 Å². The molecule has 27 heavy (non-hydrogen) atoms. The number of H-pyrrole nitrogens is 1. The molecule has 0 saturated carbocycles. The molecule has 1 aromatic heterocycles. The van der Waals surface area contributed by atoms with Crippen LogP contribution >= 0.6 is 0 Å². The molecular formula is C22H28N2O2Y-2. The molecule has 0 aliphatic carbocycles. The van der Waals surface area contributed by atoms with Crippen LogP contribution in [0.1, 0.15) is 44.5 Å². The van der Waals surface area contributed by atoms with Crippen LogP contribution in [0.4, 0.5) is 5.69 Å². The summed E-state index contributed by atoms with van der Waals surface area (Å²) in [5.74, 6) is -1.22. The van der Waals surface area contributed by atoms with Crippen LogP contribution < -0.4 is 5.32 Å². The van der Waals surface area contributed by atoms with Crippen molar-refractivity contribution in [3.8, 4) is 0 Å². The number of Topliss-reactive ketones (excluding diaryl/α,β-unsaturated/α-hetero) is 1. The summed E-state index contributed by atoms with van der Waals surface area (Å²) >= 11 is 0. The Morgan fingerprint density at radius 3 is 2.30 bits per heavy atom. The topological polar surface area (TPSA) is 62.0 Å². The number of fused-ring (bicyclic) bond motifs is 1. The van der Waals surface area contributed by atoms with Gasteiger partial charge in [-0.3, -0.25) is 9.59 Å². The number of rotatable bonds is 3. The van der Waals surface area contributed by atoms with Gasteiger partial charge >= 0.3 is 0 Å². The first-order valence-electron chi connectivity index (χ1n) is 8.55. The van der Waals surface area contributed by atoms with Crippen molar-refractivity contribution in [3.63, 3.8) is 0 Å². The molecule has 4 nitrogen and oxygen atoms in total. The molecule has 0 aliphatic rings. The molecule has 3 rings (SSSR count). The summed E-state index contributed by atoms with van der Waals surface area (Å²) in [6.07, 6.45) is 2.81. The van der Waals surface area contributed by atoms with Crippen LogP contribution in [-0.2, 0) is 37.5 Å². The number of carbonyl (C=O) groups is 2. The number of carbonyl (C=O) groups excluding carboxylic acids is 2. The van der Waals surface area contributed by atoms with Gasteiger partial charge in [0.2, 0.25) is 0 Å². The number of aromatic amines is 1. The fourth-order valence-corrected chi connectivity index (χ4v) is 2.04. The molecule has 0 spiro atoms. The number of nitrogens with one attached hydrogen (secondary N) is 2. The van der Waals surface area contributed by atoms with Gasteiger partial charge in [0.15, 0.2) is 0 Å². The molecule has 3 aromatic rings. The molecule has 0 atom stereocenters. The van der Waals surface area contributed by atoms with Crippen molar-refractivity contribution in [2.45, 2.75) is 34.1 Å². The molecular weight excluding hydrogens is 413 g/mol. The van der Waals surface area contributed by atoms with E-state index in [9.17, 15) is 9.59 Å². The average Bonchev–Trinajstić information content (AvgIpc) is 3.08. The number of anilines is 1. The van der Waals surface area contributed by atoms with E-state index in [1.807, 2.05) is 38.1 Å². The molecule has 0 saturated heterocycles. The maximum Gasteiger partial charge on any atom is 0.286 e. The van der Waals surface area contributed by atoms with Crippen LogP contribution in [0.25, 0.3) is 10.9 Å². The van der Waals surface area contributed by atoms with Crippen LogP contribution in [0.2, 0.25) is 0 Å². The summed E-state index contributed by atoms with van der Waals surface area (Å²) in [6, 6.07) is 17.0. The number of ketones is 1. The van der Waals surface area contributed by atoms with Crippen molar-refractivity contribution in [2.24, 2.45) is 0 Å². The Morgan fingerprint density at radius 2 is 1.70 bits per heavy atom. The Kier molecular flexibility index (Phi) is 15.5. The van der Waals surface area contributed by atoms with Gasteiger partial charge < -0.3 is 17.7 Å². The molecule has 0 bridgehead atoms. The van der Waals surface area contributed by atoms with E-state index in [2.05, 4.69) is 30.2 Å². The van der Waals surface area contributed by atoms with E-state index < -0.39 is 11.7 Å². The van der Waals surface area contributed by atoms with Crippen molar-refractivity contribution in [3.05, 3.63) is 73.8 Å². The van der Waals surface area contributed by atoms with Gasteiger partial charge in [-0.25, -0.2) is 0 Å². The smallest absolute Gasteiger partial charge is 0.286 e. The number of aromatic nitrogens is 1. The van der Waals surface area contributed by atoms with Crippen LogP contribution in [0.15, 0.2) is 54.7 Å². The van der Waals surface area contributed by atoms with Gasteiger partial charge in [0.25, 0.3) is 11.7 Å². The molecule has 143 valence electrons. The Balaban J connectivity index is 0. The second-order valence-corrected chi connectivity index (χ2v) is 5.03. The Bertz CT molecular complexity index is 798. The number of para-hydroxylation sites is 1. The van der Waals surface area contributed by atoms with Gasteiger partial charge in [-0.05, 0) is 6.07 Å². The normalized spacial score (nSPS) is 8.59. The molecule has 0 fully saturated rings. The van der Waals surface area contributed by atoms with Gasteiger partial charge in [0.05, 0.1) is 5.56 Å². The third kappa shape index (κ3) is 8.19. The zero-order valence-electron chi connectivity index (χ0n) is 16.8. The van der Waals surface area contributed by atoms with Crippen LogP contribution in [0.3, 0.4) is 0 Å². The number of hydrogen-bond donors (Lipinski definition) is 2. The standard InChI is InChI=1S/C16H11N2O2.C3H8.C2H6.CH3.Y/c19-15(16(20)18-11-6-2-1-3-7-11)13-10-17-14-9-5-4-8-12(13)14;1-3-2;1-2;;/h1-2,4-10,17H,(H,18,20);3H2,1-2H3;1-2H3;1H3;/q-1;;;-1;. The summed E-state index contributed by atoms with van der Waals surface area (Å²) in [6.45, 7) is 8.25. The van der Waals surface area contributed by atoms with E-state index in [-0.39, 0.29) is 40.1 Å². The van der Waals surface area contributed by atoms with Crippen molar-refractivity contribution in [1.82, 2.24) is 4.98 Å². The van der Waals surface area contributed by atoms with Gasteiger partial charge in [-0.15, -0.1) is 6.07 Å². The second kappa shape index (κ2) is 15.3. The van der Waals surface area contributed by atoms with Crippen molar-refractivity contribution in [1.29, 1.82) is 0 Å². The number of benzene rings is 2. The minimum atomic E-state index is -0.658. The minimum absolute atomic E-state index is 0. The first-order valence-corrected chi connectivity index (χ1v) is 8.55. The summed E-state index contributed by atoms with van der Waals surface area (Å²) in [5.41, 5.74) is 1.75. The molecule has 2 N–H and O–H groups in total. The monoisotopic (exact) mass is 441 g/mol. The predicted molar refractivity (Wildman–Crippen MR) is 110 cm³/mol. The van der Waals surface area contributed by atoms with Crippen LogP contribution in [-0.4, -0.2) is 16.7 Å². The van der Waals surface area contributed by atoms with Crippen molar-refractivity contribution < 1.29 is 42.3 Å². The quantitative estimate of drug-likeness (QED) is 0.312. The maximum atomic E-state index is 12.2. The first kappa shape index (κ1) is 27.4. The molecule has 1 heterocycles. The molecule has 1 amide bonds. The summed E-state index contributed by atoms with van der Waals surface area (Å²) in [7, 11) is 0. The van der Waals surface area contributed by atoms with Crippen LogP contribution in [0.5, 0.6) is 0 Å². The number of amides is 1. The fraction of sp³-hybridized carbons (Fsp3) is 0.227. The van der Waals surface area contributed by atoms with E-state index in [1.165, 1.54) is 6.42 Å². The van der Waals surface area contributed by atoms with Crippen LogP contribution in [0, 0.1) is 13.5 Å². The van der Waals surface area contributed by atoms with Crippen molar-refractivity contribution in [2.75, 3.05) is 5.32 Å². The predicted octanol–water partition coefficient (Wildman–Crippen LogP) is 5.68. The van der Waals surface area contributed by atoms with Gasteiger partial charge in [-0.1, -0.05) is 58.0 Å². The largest absolute Gasteiger partial charge is 0.373 e. The molecule has 5 heteroatoms. The number of hydrogen-bond acceptors (Lipinski definition) is 2. The first-order chi connectivity index (χ1) is 12.2. The maximum absolute atomic E-state index is 12.2. The van der Waals surface area contributed by atoms with E-state index in [4.69, 9.17) is 0 Å². The average molecular weight is 441 g/mol. The second-order valence-electron chi connectivity index (χ2n) is 5.03. The van der Waals surface area contributed by atoms with E-state index in [0.717, 1.165) is 10.9 Å².